The zero-order chi connectivity index (χ0) is 14.7. The van der Waals surface area contributed by atoms with E-state index in [2.05, 4.69) is 23.1 Å². The van der Waals surface area contributed by atoms with Gasteiger partial charge >= 0.3 is 0 Å². The Kier molecular flexibility index (Phi) is 6.24. The molecule has 1 saturated heterocycles. The average Bonchev–Trinajstić information content (AvgIpc) is 2.54. The number of carbonyl (C=O) groups excluding carboxylic acids is 1. The van der Waals surface area contributed by atoms with E-state index in [0.717, 1.165) is 51.1 Å². The Morgan fingerprint density at radius 2 is 2.05 bits per heavy atom. The molecular formula is C17H26ClN3O. The molecule has 1 unspecified atom stereocenters. The highest BCUT2D eigenvalue weighted by Crippen LogP contribution is 2.27. The van der Waals surface area contributed by atoms with Crippen LogP contribution >= 0.6 is 12.4 Å². The predicted octanol–water partition coefficient (Wildman–Crippen LogP) is 2.06. The number of rotatable bonds is 3. The molecule has 3 rings (SSSR count). The summed E-state index contributed by atoms with van der Waals surface area (Å²) < 4.78 is 0. The van der Waals surface area contributed by atoms with Crippen LogP contribution in [0, 0.1) is 5.92 Å². The summed E-state index contributed by atoms with van der Waals surface area (Å²) >= 11 is 0. The van der Waals surface area contributed by atoms with Crippen molar-refractivity contribution in [3.8, 4) is 0 Å². The molecule has 2 heterocycles. The van der Waals surface area contributed by atoms with Gasteiger partial charge in [-0.25, -0.2) is 0 Å². The predicted molar refractivity (Wildman–Crippen MR) is 92.6 cm³/mol. The first-order valence-corrected chi connectivity index (χ1v) is 8.08. The van der Waals surface area contributed by atoms with E-state index in [1.165, 1.54) is 12.0 Å². The molecular weight excluding hydrogens is 298 g/mol. The molecule has 1 atom stereocenters. The number of hydrogen-bond acceptors (Lipinski definition) is 3. The summed E-state index contributed by atoms with van der Waals surface area (Å²) in [5, 5.41) is 0. The number of nitrogens with two attached hydrogens (primary N) is 1. The number of fused-ring (bicyclic) bond motifs is 1. The summed E-state index contributed by atoms with van der Waals surface area (Å²) in [6.45, 7) is 4.11. The second-order valence-corrected chi connectivity index (χ2v) is 6.26. The van der Waals surface area contributed by atoms with Crippen LogP contribution in [0.5, 0.6) is 0 Å². The lowest BCUT2D eigenvalue weighted by Crippen LogP contribution is -2.46. The number of carbonyl (C=O) groups is 1. The van der Waals surface area contributed by atoms with Crippen LogP contribution in [-0.2, 0) is 11.2 Å². The van der Waals surface area contributed by atoms with Crippen molar-refractivity contribution in [1.29, 1.82) is 0 Å². The van der Waals surface area contributed by atoms with Gasteiger partial charge in [0.05, 0.1) is 6.54 Å². The standard InChI is InChI=1S/C17H25N3O.ClH/c18-11-14-5-3-9-19(12-14)13-17(21)20-10-4-7-15-6-1-2-8-16(15)20;/h1-2,6,8,14H,3-5,7,9-13,18H2;1H. The number of anilines is 1. The van der Waals surface area contributed by atoms with E-state index < -0.39 is 0 Å². The molecule has 1 aromatic rings. The van der Waals surface area contributed by atoms with Crippen molar-refractivity contribution in [2.24, 2.45) is 11.7 Å². The summed E-state index contributed by atoms with van der Waals surface area (Å²) in [5.74, 6) is 0.792. The normalized spacial score (nSPS) is 21.9. The number of benzene rings is 1. The van der Waals surface area contributed by atoms with Gasteiger partial charge in [-0.3, -0.25) is 9.69 Å². The van der Waals surface area contributed by atoms with E-state index in [4.69, 9.17) is 5.73 Å². The lowest BCUT2D eigenvalue weighted by molar-refractivity contribution is -0.120. The van der Waals surface area contributed by atoms with E-state index in [0.29, 0.717) is 12.5 Å². The van der Waals surface area contributed by atoms with Gasteiger partial charge in [0.1, 0.15) is 0 Å². The molecule has 1 aromatic carbocycles. The topological polar surface area (TPSA) is 49.6 Å². The number of likely N-dealkylation sites (tertiary alicyclic amines) is 1. The Morgan fingerprint density at radius 1 is 1.23 bits per heavy atom. The quantitative estimate of drug-likeness (QED) is 0.926. The summed E-state index contributed by atoms with van der Waals surface area (Å²) in [4.78, 5) is 16.9. The Labute approximate surface area is 139 Å². The highest BCUT2D eigenvalue weighted by Gasteiger charge is 2.26. The Morgan fingerprint density at radius 3 is 2.86 bits per heavy atom. The first kappa shape index (κ1) is 17.3. The zero-order valence-corrected chi connectivity index (χ0v) is 13.9. The maximum atomic E-state index is 12.7. The van der Waals surface area contributed by atoms with Crippen molar-refractivity contribution in [2.75, 3.05) is 37.6 Å². The van der Waals surface area contributed by atoms with Crippen LogP contribution < -0.4 is 10.6 Å². The zero-order valence-electron chi connectivity index (χ0n) is 13.0. The van der Waals surface area contributed by atoms with Gasteiger partial charge in [-0.2, -0.15) is 0 Å². The van der Waals surface area contributed by atoms with E-state index in [1.807, 2.05) is 11.0 Å². The van der Waals surface area contributed by atoms with Gasteiger partial charge in [0.15, 0.2) is 0 Å². The largest absolute Gasteiger partial charge is 0.330 e. The molecule has 0 radical (unpaired) electrons. The molecule has 2 N–H and O–H groups in total. The molecule has 2 aliphatic rings. The molecule has 0 aromatic heterocycles. The fourth-order valence-electron chi connectivity index (χ4n) is 3.56. The molecule has 0 bridgehead atoms. The number of para-hydroxylation sites is 1. The van der Waals surface area contributed by atoms with Gasteiger partial charge in [-0.1, -0.05) is 18.2 Å². The van der Waals surface area contributed by atoms with E-state index in [9.17, 15) is 4.79 Å². The number of amides is 1. The van der Waals surface area contributed by atoms with Crippen molar-refractivity contribution >= 4 is 24.0 Å². The van der Waals surface area contributed by atoms with Crippen LogP contribution in [0.25, 0.3) is 0 Å². The fourth-order valence-corrected chi connectivity index (χ4v) is 3.56. The highest BCUT2D eigenvalue weighted by molar-refractivity contribution is 5.95. The molecule has 1 amide bonds. The van der Waals surface area contributed by atoms with Crippen LogP contribution in [0.4, 0.5) is 5.69 Å². The second kappa shape index (κ2) is 7.95. The molecule has 1 fully saturated rings. The smallest absolute Gasteiger partial charge is 0.241 e. The number of piperidine rings is 1. The van der Waals surface area contributed by atoms with Crippen molar-refractivity contribution < 1.29 is 4.79 Å². The maximum Gasteiger partial charge on any atom is 0.241 e. The fraction of sp³-hybridized carbons (Fsp3) is 0.588. The summed E-state index contributed by atoms with van der Waals surface area (Å²) in [6.07, 6.45) is 4.51. The van der Waals surface area contributed by atoms with E-state index >= 15 is 0 Å². The molecule has 0 aliphatic carbocycles. The summed E-state index contributed by atoms with van der Waals surface area (Å²) in [5.41, 5.74) is 8.19. The van der Waals surface area contributed by atoms with E-state index in [-0.39, 0.29) is 18.3 Å². The van der Waals surface area contributed by atoms with Gasteiger partial charge in [-0.05, 0) is 56.3 Å². The minimum absolute atomic E-state index is 0. The average molecular weight is 324 g/mol. The molecule has 122 valence electrons. The van der Waals surface area contributed by atoms with Crippen molar-refractivity contribution in [2.45, 2.75) is 25.7 Å². The maximum absolute atomic E-state index is 12.7. The monoisotopic (exact) mass is 323 g/mol. The van der Waals surface area contributed by atoms with Crippen molar-refractivity contribution in [3.05, 3.63) is 29.8 Å². The minimum Gasteiger partial charge on any atom is -0.330 e. The summed E-state index contributed by atoms with van der Waals surface area (Å²) in [6, 6.07) is 8.30. The van der Waals surface area contributed by atoms with Gasteiger partial charge in [-0.15, -0.1) is 12.4 Å². The molecule has 22 heavy (non-hydrogen) atoms. The van der Waals surface area contributed by atoms with Gasteiger partial charge < -0.3 is 10.6 Å². The van der Waals surface area contributed by atoms with Gasteiger partial charge in [0.2, 0.25) is 5.91 Å². The lowest BCUT2D eigenvalue weighted by Gasteiger charge is -2.35. The first-order valence-electron chi connectivity index (χ1n) is 8.08. The Hall–Kier alpha value is -1.10. The number of hydrogen-bond donors (Lipinski definition) is 1. The SMILES string of the molecule is Cl.NCC1CCCN(CC(=O)N2CCCc3ccccc32)C1. The van der Waals surface area contributed by atoms with Crippen molar-refractivity contribution in [1.82, 2.24) is 4.90 Å². The second-order valence-electron chi connectivity index (χ2n) is 6.26. The summed E-state index contributed by atoms with van der Waals surface area (Å²) in [7, 11) is 0. The first-order chi connectivity index (χ1) is 10.3. The molecule has 5 heteroatoms. The molecule has 2 aliphatic heterocycles. The van der Waals surface area contributed by atoms with E-state index in [1.54, 1.807) is 0 Å². The molecule has 0 spiro atoms. The molecule has 0 saturated carbocycles. The highest BCUT2D eigenvalue weighted by atomic mass is 35.5. The number of aryl methyl sites for hydroxylation is 1. The number of nitrogens with zero attached hydrogens (tertiary/aromatic N) is 2. The minimum atomic E-state index is 0. The third kappa shape index (κ3) is 3.80. The van der Waals surface area contributed by atoms with Crippen LogP contribution in [0.15, 0.2) is 24.3 Å². The number of halogens is 1. The van der Waals surface area contributed by atoms with Crippen LogP contribution in [-0.4, -0.2) is 43.5 Å². The van der Waals surface area contributed by atoms with Crippen LogP contribution in [0.2, 0.25) is 0 Å². The van der Waals surface area contributed by atoms with Gasteiger partial charge in [0.25, 0.3) is 0 Å². The third-order valence-corrected chi connectivity index (χ3v) is 4.71. The lowest BCUT2D eigenvalue weighted by atomic mass is 9.98. The van der Waals surface area contributed by atoms with Crippen molar-refractivity contribution in [3.63, 3.8) is 0 Å². The van der Waals surface area contributed by atoms with Crippen LogP contribution in [0.3, 0.4) is 0 Å². The van der Waals surface area contributed by atoms with Gasteiger partial charge in [0, 0.05) is 18.8 Å². The van der Waals surface area contributed by atoms with Crippen LogP contribution in [0.1, 0.15) is 24.8 Å². The third-order valence-electron chi connectivity index (χ3n) is 4.71. The molecule has 4 nitrogen and oxygen atoms in total. The Bertz CT molecular complexity index is 508. The Balaban J connectivity index is 0.00000176.